The molecule has 1 aromatic carbocycles. The van der Waals surface area contributed by atoms with Crippen LogP contribution in [0.2, 0.25) is 0 Å². The molecule has 1 saturated heterocycles. The Balaban J connectivity index is 1.41. The number of hydrogen-bond acceptors (Lipinski definition) is 6. The molecule has 0 spiro atoms. The Labute approximate surface area is 229 Å². The van der Waals surface area contributed by atoms with E-state index < -0.39 is 23.9 Å². The van der Waals surface area contributed by atoms with Crippen LogP contribution in [0, 0.1) is 0 Å². The van der Waals surface area contributed by atoms with Crippen LogP contribution in [0.3, 0.4) is 0 Å². The van der Waals surface area contributed by atoms with Gasteiger partial charge in [-0.2, -0.15) is 5.10 Å². The minimum atomic E-state index is -1.27. The summed E-state index contributed by atoms with van der Waals surface area (Å²) >= 11 is 0. The Bertz CT molecular complexity index is 1220. The predicted molar refractivity (Wildman–Crippen MR) is 145 cm³/mol. The van der Waals surface area contributed by atoms with Crippen molar-refractivity contribution in [2.45, 2.75) is 96.2 Å². The number of aromatic nitrogens is 2. The van der Waals surface area contributed by atoms with Crippen molar-refractivity contribution >= 4 is 17.9 Å². The van der Waals surface area contributed by atoms with Crippen LogP contribution in [0.25, 0.3) is 11.1 Å². The first-order chi connectivity index (χ1) is 18.6. The Morgan fingerprint density at radius 3 is 2.51 bits per heavy atom. The third-order valence-electron chi connectivity index (χ3n) is 7.87. The summed E-state index contributed by atoms with van der Waals surface area (Å²) in [6, 6.07) is 3.43. The highest BCUT2D eigenvalue weighted by molar-refractivity contribution is 5.92. The number of halogens is 1. The Morgan fingerprint density at radius 2 is 1.87 bits per heavy atom. The fraction of sp³-hybridized carbons (Fsp3) is 0.621. The van der Waals surface area contributed by atoms with Crippen LogP contribution in [-0.2, 0) is 15.9 Å². The molecule has 212 valence electrons. The number of nitrogens with zero attached hydrogens (tertiary/aromatic N) is 4. The number of fused-ring (bicyclic) bond motifs is 1. The topological polar surface area (TPSA) is 86.1 Å². The fourth-order valence-electron chi connectivity index (χ4n) is 5.54. The monoisotopic (exact) mass is 542 g/mol. The average Bonchev–Trinajstić information content (AvgIpc) is 3.34. The minimum absolute atomic E-state index is 0.0168. The summed E-state index contributed by atoms with van der Waals surface area (Å²) < 4.78 is 34.0. The summed E-state index contributed by atoms with van der Waals surface area (Å²) in [7, 11) is 1.40. The van der Waals surface area contributed by atoms with Gasteiger partial charge in [-0.05, 0) is 78.4 Å². The number of piperidine rings is 1. The van der Waals surface area contributed by atoms with E-state index >= 15 is 4.39 Å². The van der Waals surface area contributed by atoms with Gasteiger partial charge in [0.15, 0.2) is 0 Å². The molecule has 2 amide bonds. The first kappa shape index (κ1) is 27.3. The molecule has 5 rings (SSSR count). The van der Waals surface area contributed by atoms with Crippen molar-refractivity contribution in [1.82, 2.24) is 14.7 Å². The second-order valence-corrected chi connectivity index (χ2v) is 11.8. The zero-order valence-corrected chi connectivity index (χ0v) is 23.5. The van der Waals surface area contributed by atoms with Gasteiger partial charge in [-0.25, -0.2) is 14.0 Å². The van der Waals surface area contributed by atoms with Gasteiger partial charge < -0.3 is 19.1 Å². The van der Waals surface area contributed by atoms with E-state index in [0.29, 0.717) is 13.0 Å². The van der Waals surface area contributed by atoms with E-state index in [4.69, 9.17) is 14.2 Å². The van der Waals surface area contributed by atoms with Crippen LogP contribution in [0.1, 0.15) is 71.4 Å². The van der Waals surface area contributed by atoms with E-state index in [1.165, 1.54) is 12.0 Å². The third kappa shape index (κ3) is 5.56. The number of benzene rings is 1. The predicted octanol–water partition coefficient (Wildman–Crippen LogP) is 5.91. The van der Waals surface area contributed by atoms with Gasteiger partial charge in [-0.15, -0.1) is 0 Å². The normalized spacial score (nSPS) is 23.6. The number of likely N-dealkylation sites (tertiary alicyclic amines) is 1. The van der Waals surface area contributed by atoms with E-state index in [1.807, 2.05) is 25.3 Å². The second-order valence-electron chi connectivity index (χ2n) is 11.8. The van der Waals surface area contributed by atoms with Crippen molar-refractivity contribution in [1.29, 1.82) is 0 Å². The molecular weight excluding hydrogens is 503 g/mol. The SMILES string of the molecule is COC(=O)N1c2ccc(-c3cnn(C4CCN(C(=O)OC(C)(C)C)CC4F)c3)c(OC3CCC3)c2CCC1C. The Hall–Kier alpha value is -3.30. The lowest BCUT2D eigenvalue weighted by Crippen LogP contribution is -2.47. The maximum absolute atomic E-state index is 15.3. The van der Waals surface area contributed by atoms with E-state index in [2.05, 4.69) is 5.10 Å². The lowest BCUT2D eigenvalue weighted by molar-refractivity contribution is 0.00575. The third-order valence-corrected chi connectivity index (χ3v) is 7.87. The van der Waals surface area contributed by atoms with Crippen molar-refractivity contribution in [3.63, 3.8) is 0 Å². The highest BCUT2D eigenvalue weighted by Gasteiger charge is 2.36. The largest absolute Gasteiger partial charge is 0.489 e. The number of anilines is 1. The number of alkyl halides is 1. The molecule has 2 aliphatic heterocycles. The highest BCUT2D eigenvalue weighted by Crippen LogP contribution is 2.45. The lowest BCUT2D eigenvalue weighted by Gasteiger charge is -2.37. The molecule has 3 aliphatic rings. The maximum atomic E-state index is 15.3. The number of hydrogen-bond donors (Lipinski definition) is 0. The van der Waals surface area contributed by atoms with Gasteiger partial charge >= 0.3 is 12.2 Å². The molecule has 3 atom stereocenters. The number of ether oxygens (including phenoxy) is 3. The van der Waals surface area contributed by atoms with Crippen LogP contribution < -0.4 is 9.64 Å². The van der Waals surface area contributed by atoms with Crippen LogP contribution in [0.15, 0.2) is 24.5 Å². The molecule has 10 heteroatoms. The number of rotatable bonds is 4. The van der Waals surface area contributed by atoms with E-state index in [9.17, 15) is 9.59 Å². The molecule has 0 bridgehead atoms. The molecule has 2 fully saturated rings. The fourth-order valence-corrected chi connectivity index (χ4v) is 5.54. The molecule has 3 unspecified atom stereocenters. The second kappa shape index (κ2) is 10.7. The first-order valence-corrected chi connectivity index (χ1v) is 13.9. The van der Waals surface area contributed by atoms with Crippen LogP contribution in [0.5, 0.6) is 5.75 Å². The smallest absolute Gasteiger partial charge is 0.414 e. The molecule has 9 nitrogen and oxygen atoms in total. The molecule has 1 aliphatic carbocycles. The van der Waals surface area contributed by atoms with Crippen LogP contribution in [0.4, 0.5) is 19.7 Å². The molecule has 39 heavy (non-hydrogen) atoms. The summed E-state index contributed by atoms with van der Waals surface area (Å²) in [6.07, 6.45) is 6.74. The van der Waals surface area contributed by atoms with Crippen molar-refractivity contribution in [2.24, 2.45) is 0 Å². The lowest BCUT2D eigenvalue weighted by atomic mass is 9.91. The Morgan fingerprint density at radius 1 is 1.10 bits per heavy atom. The van der Waals surface area contributed by atoms with Gasteiger partial charge in [0.05, 0.1) is 37.7 Å². The first-order valence-electron chi connectivity index (χ1n) is 13.9. The summed E-state index contributed by atoms with van der Waals surface area (Å²) in [5.74, 6) is 0.772. The molecular formula is C29H39FN4O5. The minimum Gasteiger partial charge on any atom is -0.489 e. The van der Waals surface area contributed by atoms with Gasteiger partial charge in [-0.3, -0.25) is 9.58 Å². The molecule has 1 saturated carbocycles. The van der Waals surface area contributed by atoms with Gasteiger partial charge in [-0.1, -0.05) is 0 Å². The molecule has 0 N–H and O–H groups in total. The quantitative estimate of drug-likeness (QED) is 0.478. The van der Waals surface area contributed by atoms with E-state index in [0.717, 1.165) is 60.2 Å². The molecule has 3 heterocycles. The van der Waals surface area contributed by atoms with Gasteiger partial charge in [0.2, 0.25) is 0 Å². The van der Waals surface area contributed by atoms with Crippen molar-refractivity contribution in [3.05, 3.63) is 30.1 Å². The van der Waals surface area contributed by atoms with Gasteiger partial charge in [0.1, 0.15) is 17.5 Å². The number of carbonyl (C=O) groups is 2. The molecule has 0 radical (unpaired) electrons. The summed E-state index contributed by atoms with van der Waals surface area (Å²) in [5.41, 5.74) is 2.88. The highest BCUT2D eigenvalue weighted by atomic mass is 19.1. The Kier molecular flexibility index (Phi) is 7.48. The van der Waals surface area contributed by atoms with Crippen molar-refractivity contribution < 1.29 is 28.2 Å². The zero-order valence-electron chi connectivity index (χ0n) is 23.5. The molecule has 2 aromatic rings. The van der Waals surface area contributed by atoms with E-state index in [1.54, 1.807) is 36.5 Å². The van der Waals surface area contributed by atoms with Crippen LogP contribution in [-0.4, -0.2) is 71.0 Å². The standard InChI is InChI=1S/C29H39FN4O5/c1-18-9-10-22-24(34(18)28(36)37-5)12-11-21(26(22)38-20-7-6-8-20)19-15-31-33(16-19)25-13-14-32(17-23(25)30)27(35)39-29(2,3)4/h11-12,15-16,18,20,23,25H,6-10,13-14,17H2,1-5H3. The summed E-state index contributed by atoms with van der Waals surface area (Å²) in [6.45, 7) is 7.77. The molecule has 1 aromatic heterocycles. The van der Waals surface area contributed by atoms with Crippen molar-refractivity contribution in [3.8, 4) is 16.9 Å². The van der Waals surface area contributed by atoms with E-state index in [-0.39, 0.29) is 24.8 Å². The number of carbonyl (C=O) groups excluding carboxylic acids is 2. The summed E-state index contributed by atoms with van der Waals surface area (Å²) in [5, 5.41) is 4.53. The van der Waals surface area contributed by atoms with Gasteiger partial charge in [0.25, 0.3) is 0 Å². The number of amides is 2. The van der Waals surface area contributed by atoms with Crippen molar-refractivity contribution in [2.75, 3.05) is 25.1 Å². The van der Waals surface area contributed by atoms with Crippen LogP contribution >= 0.6 is 0 Å². The zero-order chi connectivity index (χ0) is 27.9. The summed E-state index contributed by atoms with van der Waals surface area (Å²) in [4.78, 5) is 28.2. The average molecular weight is 543 g/mol. The number of methoxy groups -OCH3 is 1. The van der Waals surface area contributed by atoms with Gasteiger partial charge in [0, 0.05) is 35.5 Å². The maximum Gasteiger partial charge on any atom is 0.414 e.